The van der Waals surface area contributed by atoms with Gasteiger partial charge in [0.25, 0.3) is 0 Å². The first-order valence-corrected chi connectivity index (χ1v) is 6.17. The van der Waals surface area contributed by atoms with Crippen molar-refractivity contribution in [3.8, 4) is 12.3 Å². The summed E-state index contributed by atoms with van der Waals surface area (Å²) in [6.45, 7) is 9.10. The molecule has 90 valence electrons. The Hall–Kier alpha value is -1.16. The number of terminal acetylenes is 1. The minimum Gasteiger partial charge on any atom is -0.498 e. The highest BCUT2D eigenvalue weighted by atomic mass is 16.5. The van der Waals surface area contributed by atoms with Gasteiger partial charge in [0.1, 0.15) is 0 Å². The Kier molecular flexibility index (Phi) is 8.43. The minimum absolute atomic E-state index is 0.519. The Bertz CT molecular complexity index is 278. The second-order valence-corrected chi connectivity index (χ2v) is 3.84. The maximum atomic E-state index is 5.67. The van der Waals surface area contributed by atoms with Crippen LogP contribution in [0.2, 0.25) is 0 Å². The standard InChI is InChI=1S/C13H18O.C2H6/c1-4-5-6-9-14-13-8-7-11(2)10-12(13)3;1-2/h1,7-8,12H,5-6,9-10H2,2-3H3;1-2H3. The normalized spacial score (nSPS) is 18.6. The molecule has 0 saturated heterocycles. The van der Waals surface area contributed by atoms with Crippen LogP contribution in [0.5, 0.6) is 0 Å². The number of ether oxygens (including phenoxy) is 1. The zero-order valence-electron chi connectivity index (χ0n) is 11.0. The van der Waals surface area contributed by atoms with Gasteiger partial charge in [0.15, 0.2) is 0 Å². The van der Waals surface area contributed by atoms with Gasteiger partial charge in [-0.05, 0) is 25.8 Å². The van der Waals surface area contributed by atoms with Gasteiger partial charge in [-0.15, -0.1) is 12.3 Å². The summed E-state index contributed by atoms with van der Waals surface area (Å²) in [6, 6.07) is 0. The van der Waals surface area contributed by atoms with Crippen LogP contribution in [-0.4, -0.2) is 6.61 Å². The molecule has 1 nitrogen and oxygen atoms in total. The van der Waals surface area contributed by atoms with Crippen LogP contribution in [0.1, 0.15) is 47.0 Å². The van der Waals surface area contributed by atoms with E-state index >= 15 is 0 Å². The number of hydrogen-bond acceptors (Lipinski definition) is 1. The molecule has 0 aliphatic heterocycles. The monoisotopic (exact) mass is 220 g/mol. The number of unbranched alkanes of at least 4 members (excludes halogenated alkanes) is 1. The van der Waals surface area contributed by atoms with E-state index in [0.717, 1.165) is 31.6 Å². The van der Waals surface area contributed by atoms with Gasteiger partial charge < -0.3 is 4.74 Å². The van der Waals surface area contributed by atoms with E-state index in [2.05, 4.69) is 31.9 Å². The SMILES string of the molecule is C#CCCCOC1=CC=C(C)CC1C.CC. The lowest BCUT2D eigenvalue weighted by atomic mass is 9.95. The molecule has 1 rings (SSSR count). The quantitative estimate of drug-likeness (QED) is 0.506. The van der Waals surface area contributed by atoms with Crippen molar-refractivity contribution in [1.29, 1.82) is 0 Å². The van der Waals surface area contributed by atoms with Crippen LogP contribution < -0.4 is 0 Å². The third kappa shape index (κ3) is 5.66. The van der Waals surface area contributed by atoms with Crippen molar-refractivity contribution >= 4 is 0 Å². The summed E-state index contributed by atoms with van der Waals surface area (Å²) in [7, 11) is 0. The summed E-state index contributed by atoms with van der Waals surface area (Å²) in [5.74, 6) is 4.24. The zero-order chi connectivity index (χ0) is 12.4. The molecule has 0 saturated carbocycles. The number of allylic oxidation sites excluding steroid dienone is 4. The Morgan fingerprint density at radius 1 is 1.44 bits per heavy atom. The van der Waals surface area contributed by atoms with Gasteiger partial charge in [0, 0.05) is 12.3 Å². The molecule has 0 bridgehead atoms. The van der Waals surface area contributed by atoms with Gasteiger partial charge in [0.05, 0.1) is 12.4 Å². The molecule has 1 atom stereocenters. The van der Waals surface area contributed by atoms with Crippen molar-refractivity contribution in [2.24, 2.45) is 5.92 Å². The predicted octanol–water partition coefficient (Wildman–Crippen LogP) is 4.31. The van der Waals surface area contributed by atoms with E-state index in [0.29, 0.717) is 5.92 Å². The highest BCUT2D eigenvalue weighted by molar-refractivity contribution is 5.21. The lowest BCUT2D eigenvalue weighted by molar-refractivity contribution is 0.177. The van der Waals surface area contributed by atoms with Gasteiger partial charge in [-0.1, -0.05) is 32.4 Å². The molecule has 0 N–H and O–H groups in total. The fourth-order valence-electron chi connectivity index (χ4n) is 1.59. The topological polar surface area (TPSA) is 9.23 Å². The largest absolute Gasteiger partial charge is 0.498 e. The molecule has 0 spiro atoms. The molecule has 1 heteroatoms. The molecule has 0 fully saturated rings. The van der Waals surface area contributed by atoms with Crippen molar-refractivity contribution < 1.29 is 4.74 Å². The number of rotatable bonds is 4. The minimum atomic E-state index is 0.519. The van der Waals surface area contributed by atoms with Gasteiger partial charge >= 0.3 is 0 Å². The molecule has 0 aromatic rings. The predicted molar refractivity (Wildman–Crippen MR) is 71.0 cm³/mol. The lowest BCUT2D eigenvalue weighted by Crippen LogP contribution is -2.08. The molecule has 1 aliphatic rings. The molecule has 1 unspecified atom stereocenters. The third-order valence-corrected chi connectivity index (χ3v) is 2.38. The summed E-state index contributed by atoms with van der Waals surface area (Å²) in [5, 5.41) is 0. The van der Waals surface area contributed by atoms with Gasteiger partial charge in [0.2, 0.25) is 0 Å². The maximum absolute atomic E-state index is 5.67. The van der Waals surface area contributed by atoms with Gasteiger partial charge in [-0.3, -0.25) is 0 Å². The van der Waals surface area contributed by atoms with Crippen LogP contribution in [0.3, 0.4) is 0 Å². The maximum Gasteiger partial charge on any atom is 0.0990 e. The van der Waals surface area contributed by atoms with Gasteiger partial charge in [-0.2, -0.15) is 0 Å². The molecule has 0 radical (unpaired) electrons. The van der Waals surface area contributed by atoms with Gasteiger partial charge in [-0.25, -0.2) is 0 Å². The van der Waals surface area contributed by atoms with E-state index in [1.165, 1.54) is 5.57 Å². The van der Waals surface area contributed by atoms with Crippen LogP contribution in [-0.2, 0) is 4.74 Å². The molecule has 0 amide bonds. The molecule has 0 aromatic carbocycles. The summed E-state index contributed by atoms with van der Waals surface area (Å²) in [5.41, 5.74) is 1.42. The van der Waals surface area contributed by atoms with Crippen molar-refractivity contribution in [2.75, 3.05) is 6.61 Å². The Morgan fingerprint density at radius 2 is 2.12 bits per heavy atom. The van der Waals surface area contributed by atoms with Crippen molar-refractivity contribution in [3.05, 3.63) is 23.5 Å². The average Bonchev–Trinajstić information content (AvgIpc) is 2.29. The summed E-state index contributed by atoms with van der Waals surface area (Å²) < 4.78 is 5.67. The summed E-state index contributed by atoms with van der Waals surface area (Å²) >= 11 is 0. The highest BCUT2D eigenvalue weighted by Crippen LogP contribution is 2.25. The van der Waals surface area contributed by atoms with E-state index < -0.39 is 0 Å². The van der Waals surface area contributed by atoms with E-state index in [1.807, 2.05) is 13.8 Å². The Labute approximate surface area is 101 Å². The van der Waals surface area contributed by atoms with Crippen LogP contribution >= 0.6 is 0 Å². The summed E-state index contributed by atoms with van der Waals surface area (Å²) in [6.07, 6.45) is 12.2. The van der Waals surface area contributed by atoms with Crippen LogP contribution in [0.4, 0.5) is 0 Å². The first kappa shape index (κ1) is 14.8. The van der Waals surface area contributed by atoms with E-state index in [9.17, 15) is 0 Å². The number of hydrogen-bond donors (Lipinski definition) is 0. The second kappa shape index (κ2) is 9.09. The van der Waals surface area contributed by atoms with Crippen LogP contribution in [0.25, 0.3) is 0 Å². The first-order chi connectivity index (χ1) is 7.74. The fourth-order valence-corrected chi connectivity index (χ4v) is 1.59. The summed E-state index contributed by atoms with van der Waals surface area (Å²) in [4.78, 5) is 0. The first-order valence-electron chi connectivity index (χ1n) is 6.17. The molecular formula is C15H24O. The van der Waals surface area contributed by atoms with E-state index in [1.54, 1.807) is 0 Å². The fraction of sp³-hybridized carbons (Fsp3) is 0.600. The third-order valence-electron chi connectivity index (χ3n) is 2.38. The van der Waals surface area contributed by atoms with Crippen molar-refractivity contribution in [1.82, 2.24) is 0 Å². The molecule has 1 aliphatic carbocycles. The molecular weight excluding hydrogens is 196 g/mol. The van der Waals surface area contributed by atoms with E-state index in [4.69, 9.17) is 11.2 Å². The zero-order valence-corrected chi connectivity index (χ0v) is 11.0. The Balaban J connectivity index is 0.00000106. The second-order valence-electron chi connectivity index (χ2n) is 3.84. The van der Waals surface area contributed by atoms with Crippen molar-refractivity contribution in [3.63, 3.8) is 0 Å². The van der Waals surface area contributed by atoms with Crippen LogP contribution in [0.15, 0.2) is 23.5 Å². The molecule has 16 heavy (non-hydrogen) atoms. The average molecular weight is 220 g/mol. The molecule has 0 heterocycles. The van der Waals surface area contributed by atoms with Crippen molar-refractivity contribution in [2.45, 2.75) is 47.0 Å². The lowest BCUT2D eigenvalue weighted by Gasteiger charge is -2.20. The smallest absolute Gasteiger partial charge is 0.0990 e. The highest BCUT2D eigenvalue weighted by Gasteiger charge is 2.13. The Morgan fingerprint density at radius 3 is 2.69 bits per heavy atom. The van der Waals surface area contributed by atoms with Crippen LogP contribution in [0, 0.1) is 18.3 Å². The van der Waals surface area contributed by atoms with E-state index in [-0.39, 0.29) is 0 Å². The molecule has 0 aromatic heterocycles.